The van der Waals surface area contributed by atoms with E-state index < -0.39 is 0 Å². The highest BCUT2D eigenvalue weighted by molar-refractivity contribution is 5.92. The first-order chi connectivity index (χ1) is 7.16. The van der Waals surface area contributed by atoms with Crippen LogP contribution >= 0.6 is 0 Å². The largest absolute Gasteiger partial charge is 0.438 e. The van der Waals surface area contributed by atoms with E-state index >= 15 is 0 Å². The lowest BCUT2D eigenvalue weighted by atomic mass is 9.82. The maximum absolute atomic E-state index is 11.5. The van der Waals surface area contributed by atoms with Crippen molar-refractivity contribution in [3.63, 3.8) is 0 Å². The van der Waals surface area contributed by atoms with Crippen LogP contribution in [0.1, 0.15) is 29.1 Å². The Hall–Kier alpha value is -1.36. The molecule has 1 aromatic rings. The molecule has 1 amide bonds. The fourth-order valence-corrected chi connectivity index (χ4v) is 1.70. The predicted molar refractivity (Wildman–Crippen MR) is 52.3 cm³/mol. The molecule has 5 nitrogen and oxygen atoms in total. The zero-order chi connectivity index (χ0) is 10.8. The van der Waals surface area contributed by atoms with Gasteiger partial charge in [-0.25, -0.2) is 4.98 Å². The highest BCUT2D eigenvalue weighted by Gasteiger charge is 2.27. The fourth-order valence-electron chi connectivity index (χ4n) is 1.70. The molecule has 2 rings (SSSR count). The number of nitrogens with zero attached hydrogens (tertiary/aromatic N) is 1. The molecule has 5 heteroatoms. The first-order valence-electron chi connectivity index (χ1n) is 5.03. The van der Waals surface area contributed by atoms with Crippen LogP contribution in [0.3, 0.4) is 0 Å². The third-order valence-corrected chi connectivity index (χ3v) is 2.71. The van der Waals surface area contributed by atoms with Crippen LogP contribution in [0.4, 0.5) is 0 Å². The predicted octanol–water partition coefficient (Wildman–Crippen LogP) is 0.484. The van der Waals surface area contributed by atoms with Gasteiger partial charge < -0.3 is 14.8 Å². The van der Waals surface area contributed by atoms with Gasteiger partial charge in [0.25, 0.3) is 5.91 Å². The Kier molecular flexibility index (Phi) is 2.73. The van der Waals surface area contributed by atoms with Gasteiger partial charge in [0.05, 0.1) is 11.8 Å². The summed E-state index contributed by atoms with van der Waals surface area (Å²) in [7, 11) is 0. The third-order valence-electron chi connectivity index (χ3n) is 2.71. The van der Waals surface area contributed by atoms with Crippen LogP contribution in [0.25, 0.3) is 0 Å². The summed E-state index contributed by atoms with van der Waals surface area (Å²) in [5.41, 5.74) is 0.598. The molecule has 1 aromatic heterocycles. The van der Waals surface area contributed by atoms with E-state index in [4.69, 9.17) is 9.52 Å². The smallest absolute Gasteiger partial charge is 0.289 e. The summed E-state index contributed by atoms with van der Waals surface area (Å²) in [6.07, 6.45) is 2.63. The van der Waals surface area contributed by atoms with Crippen LogP contribution in [0.2, 0.25) is 0 Å². The van der Waals surface area contributed by atoms with E-state index in [0.29, 0.717) is 18.2 Å². The Morgan fingerprint density at radius 2 is 2.47 bits per heavy atom. The monoisotopic (exact) mass is 210 g/mol. The van der Waals surface area contributed by atoms with Crippen LogP contribution in [0.5, 0.6) is 0 Å². The molecule has 0 unspecified atom stereocenters. The van der Waals surface area contributed by atoms with Gasteiger partial charge in [0.2, 0.25) is 5.76 Å². The van der Waals surface area contributed by atoms with Gasteiger partial charge in [0.15, 0.2) is 6.39 Å². The molecule has 2 N–H and O–H groups in total. The van der Waals surface area contributed by atoms with Crippen molar-refractivity contribution >= 4 is 5.91 Å². The van der Waals surface area contributed by atoms with Gasteiger partial charge in [-0.05, 0) is 25.7 Å². The van der Waals surface area contributed by atoms with Gasteiger partial charge in [0, 0.05) is 6.54 Å². The summed E-state index contributed by atoms with van der Waals surface area (Å²) in [6, 6.07) is 0. The molecule has 0 bridgehead atoms. The Balaban J connectivity index is 1.80. The number of amides is 1. The zero-order valence-electron chi connectivity index (χ0n) is 8.56. The minimum atomic E-state index is -0.230. The number of nitrogens with one attached hydrogen (secondary N) is 1. The molecule has 0 spiro atoms. The molecule has 0 saturated heterocycles. The number of carbonyl (C=O) groups excluding carboxylic acids is 1. The minimum Gasteiger partial charge on any atom is -0.438 e. The van der Waals surface area contributed by atoms with Crippen molar-refractivity contribution < 1.29 is 14.3 Å². The number of aliphatic hydroxyl groups excluding tert-OH is 1. The molecule has 15 heavy (non-hydrogen) atoms. The molecule has 1 heterocycles. The maximum Gasteiger partial charge on any atom is 0.289 e. The van der Waals surface area contributed by atoms with Crippen molar-refractivity contribution in [1.82, 2.24) is 10.3 Å². The Labute approximate surface area is 87.5 Å². The summed E-state index contributed by atoms with van der Waals surface area (Å²) in [6.45, 7) is 2.32. The SMILES string of the molecule is Cc1ncoc1C(=O)NCC1CC(O)C1. The molecule has 82 valence electrons. The molecule has 0 aromatic carbocycles. The van der Waals surface area contributed by atoms with E-state index in [0.717, 1.165) is 12.8 Å². The Morgan fingerprint density at radius 1 is 1.73 bits per heavy atom. The number of aromatic nitrogens is 1. The van der Waals surface area contributed by atoms with Crippen molar-refractivity contribution in [2.75, 3.05) is 6.54 Å². The second-order valence-corrected chi connectivity index (χ2v) is 3.97. The van der Waals surface area contributed by atoms with E-state index in [-0.39, 0.29) is 17.8 Å². The molecule has 1 saturated carbocycles. The first-order valence-corrected chi connectivity index (χ1v) is 5.03. The van der Waals surface area contributed by atoms with E-state index in [1.807, 2.05) is 0 Å². The lowest BCUT2D eigenvalue weighted by molar-refractivity contribution is 0.0417. The number of aryl methyl sites for hydroxylation is 1. The van der Waals surface area contributed by atoms with E-state index in [1.165, 1.54) is 6.39 Å². The van der Waals surface area contributed by atoms with Gasteiger partial charge in [-0.2, -0.15) is 0 Å². The molecular formula is C10H14N2O3. The number of hydrogen-bond donors (Lipinski definition) is 2. The van der Waals surface area contributed by atoms with Crippen molar-refractivity contribution in [2.45, 2.75) is 25.9 Å². The van der Waals surface area contributed by atoms with Gasteiger partial charge in [-0.3, -0.25) is 4.79 Å². The number of oxazole rings is 1. The lowest BCUT2D eigenvalue weighted by Gasteiger charge is -2.31. The topological polar surface area (TPSA) is 75.4 Å². The molecule has 1 aliphatic rings. The molecule has 0 radical (unpaired) electrons. The maximum atomic E-state index is 11.5. The zero-order valence-corrected chi connectivity index (χ0v) is 8.56. The van der Waals surface area contributed by atoms with Crippen molar-refractivity contribution in [2.24, 2.45) is 5.92 Å². The normalized spacial score (nSPS) is 24.7. The molecule has 1 aliphatic carbocycles. The van der Waals surface area contributed by atoms with Crippen LogP contribution in [0.15, 0.2) is 10.8 Å². The van der Waals surface area contributed by atoms with Gasteiger partial charge in [-0.15, -0.1) is 0 Å². The van der Waals surface area contributed by atoms with Gasteiger partial charge >= 0.3 is 0 Å². The second kappa shape index (κ2) is 4.02. The Morgan fingerprint density at radius 3 is 3.00 bits per heavy atom. The van der Waals surface area contributed by atoms with Crippen molar-refractivity contribution in [1.29, 1.82) is 0 Å². The summed E-state index contributed by atoms with van der Waals surface area (Å²) < 4.78 is 4.96. The quantitative estimate of drug-likeness (QED) is 0.761. The third kappa shape index (κ3) is 2.18. The van der Waals surface area contributed by atoms with Gasteiger partial charge in [-0.1, -0.05) is 0 Å². The van der Waals surface area contributed by atoms with Crippen molar-refractivity contribution in [3.8, 4) is 0 Å². The standard InChI is InChI=1S/C10H14N2O3/c1-6-9(15-5-12-6)10(14)11-4-7-2-8(13)3-7/h5,7-8,13H,2-4H2,1H3,(H,11,14). The molecule has 0 atom stereocenters. The highest BCUT2D eigenvalue weighted by atomic mass is 16.3. The highest BCUT2D eigenvalue weighted by Crippen LogP contribution is 2.26. The molecular weight excluding hydrogens is 196 g/mol. The number of hydrogen-bond acceptors (Lipinski definition) is 4. The van der Waals surface area contributed by atoms with E-state index in [2.05, 4.69) is 10.3 Å². The summed E-state index contributed by atoms with van der Waals surface area (Å²) in [5.74, 6) is 0.438. The average molecular weight is 210 g/mol. The second-order valence-electron chi connectivity index (χ2n) is 3.97. The summed E-state index contributed by atoms with van der Waals surface area (Å²) >= 11 is 0. The minimum absolute atomic E-state index is 0.182. The molecule has 1 fully saturated rings. The van der Waals surface area contributed by atoms with Crippen LogP contribution in [-0.4, -0.2) is 28.6 Å². The number of aliphatic hydroxyl groups is 1. The fraction of sp³-hybridized carbons (Fsp3) is 0.600. The first kappa shape index (κ1) is 10.2. The van der Waals surface area contributed by atoms with Crippen molar-refractivity contribution in [3.05, 3.63) is 17.8 Å². The Bertz CT molecular complexity index is 355. The summed E-state index contributed by atoms with van der Waals surface area (Å²) in [4.78, 5) is 15.4. The van der Waals surface area contributed by atoms with E-state index in [9.17, 15) is 4.79 Å². The van der Waals surface area contributed by atoms with Gasteiger partial charge in [0.1, 0.15) is 0 Å². The van der Waals surface area contributed by atoms with E-state index in [1.54, 1.807) is 6.92 Å². The number of rotatable bonds is 3. The summed E-state index contributed by atoms with van der Waals surface area (Å²) in [5, 5.41) is 11.8. The average Bonchev–Trinajstić information content (AvgIpc) is 2.57. The molecule has 0 aliphatic heterocycles. The van der Waals surface area contributed by atoms with Crippen LogP contribution in [-0.2, 0) is 0 Å². The number of carbonyl (C=O) groups is 1. The van der Waals surface area contributed by atoms with Crippen LogP contribution < -0.4 is 5.32 Å². The lowest BCUT2D eigenvalue weighted by Crippen LogP contribution is -2.38. The van der Waals surface area contributed by atoms with Crippen LogP contribution in [0, 0.1) is 12.8 Å².